The van der Waals surface area contributed by atoms with Crippen LogP contribution < -0.4 is 19.9 Å². The van der Waals surface area contributed by atoms with Gasteiger partial charge in [0.2, 0.25) is 6.41 Å². The summed E-state index contributed by atoms with van der Waals surface area (Å²) in [5.74, 6) is -1.22. The van der Waals surface area contributed by atoms with Gasteiger partial charge in [-0.3, -0.25) is 10.2 Å². The predicted molar refractivity (Wildman–Crippen MR) is 113 cm³/mol. The molecule has 174 valence electrons. The van der Waals surface area contributed by atoms with E-state index in [2.05, 4.69) is 19.9 Å². The molecule has 0 fully saturated rings. The molecule has 1 amide bonds. The van der Waals surface area contributed by atoms with Gasteiger partial charge in [-0.15, -0.1) is 0 Å². The van der Waals surface area contributed by atoms with Gasteiger partial charge in [-0.25, -0.2) is 9.99 Å². The number of nitrogens with one attached hydrogen (secondary N) is 1. The van der Waals surface area contributed by atoms with Crippen LogP contribution in [0.4, 0.5) is 28.9 Å². The second-order valence-electron chi connectivity index (χ2n) is 7.44. The monoisotopic (exact) mass is 472 g/mol. The van der Waals surface area contributed by atoms with Gasteiger partial charge in [0.25, 0.3) is 0 Å². The molecule has 0 saturated heterocycles. The lowest BCUT2D eigenvalue weighted by atomic mass is 10.0. The fraction of sp³-hybridized carbons (Fsp3) is 0.174. The highest BCUT2D eigenvalue weighted by Crippen LogP contribution is 2.47. The van der Waals surface area contributed by atoms with Gasteiger partial charge < -0.3 is 9.47 Å². The van der Waals surface area contributed by atoms with Gasteiger partial charge in [0.15, 0.2) is 11.5 Å². The number of amides is 1. The second kappa shape index (κ2) is 8.55. The molecular weight excluding hydrogens is 456 g/mol. The quantitative estimate of drug-likeness (QED) is 0.315. The molecule has 0 bridgehead atoms. The second-order valence-corrected chi connectivity index (χ2v) is 7.44. The lowest BCUT2D eigenvalue weighted by Crippen LogP contribution is -2.52. The number of nitriles is 1. The third-order valence-corrected chi connectivity index (χ3v) is 5.05. The number of hydrogen-bond acceptors (Lipinski definition) is 6. The Labute approximate surface area is 191 Å². The Kier molecular flexibility index (Phi) is 5.75. The topological polar surface area (TPSA) is 87.5 Å². The van der Waals surface area contributed by atoms with Gasteiger partial charge >= 0.3 is 12.2 Å². The summed E-state index contributed by atoms with van der Waals surface area (Å²) in [6, 6.07) is 14.0. The SMILES string of the molecule is Cc1cc(NN(C=O)c2ccc3c(c2)OC(F)(F)C(F)(F)O3)ccc1Cc1ccnc(C#N)c1. The number of nitrogens with zero attached hydrogens (tertiary/aromatic N) is 3. The Bertz CT molecular complexity index is 1290. The van der Waals surface area contributed by atoms with Crippen molar-refractivity contribution >= 4 is 17.8 Å². The van der Waals surface area contributed by atoms with Crippen LogP contribution in [0.25, 0.3) is 0 Å². The Morgan fingerprint density at radius 3 is 2.47 bits per heavy atom. The number of halogens is 4. The first-order valence-corrected chi connectivity index (χ1v) is 9.85. The standard InChI is InChI=1S/C23H16F4N4O3/c1-14-8-17(3-2-16(14)9-15-6-7-29-18(10-15)12-28)30-31(13-32)19-4-5-20-21(11-19)34-23(26,27)22(24,25)33-20/h2-8,10-11,13,30H,9H2,1H3. The number of benzene rings is 2. The fourth-order valence-electron chi connectivity index (χ4n) is 3.33. The van der Waals surface area contributed by atoms with E-state index in [0.29, 0.717) is 24.2 Å². The van der Waals surface area contributed by atoms with Gasteiger partial charge in [0, 0.05) is 12.3 Å². The maximum Gasteiger partial charge on any atom is 0.507 e. The molecule has 0 aliphatic carbocycles. The molecule has 0 spiro atoms. The van der Waals surface area contributed by atoms with E-state index in [1.807, 2.05) is 25.1 Å². The molecule has 11 heteroatoms. The van der Waals surface area contributed by atoms with E-state index in [1.54, 1.807) is 24.4 Å². The molecule has 34 heavy (non-hydrogen) atoms. The highest BCUT2D eigenvalue weighted by molar-refractivity contribution is 5.80. The first-order chi connectivity index (χ1) is 16.1. The summed E-state index contributed by atoms with van der Waals surface area (Å²) < 4.78 is 61.8. The highest BCUT2D eigenvalue weighted by Gasteiger charge is 2.65. The van der Waals surface area contributed by atoms with Crippen molar-refractivity contribution in [3.63, 3.8) is 0 Å². The number of anilines is 2. The van der Waals surface area contributed by atoms with Crippen LogP contribution in [0, 0.1) is 18.3 Å². The van der Waals surface area contributed by atoms with Crippen molar-refractivity contribution in [3.8, 4) is 17.6 Å². The van der Waals surface area contributed by atoms with E-state index < -0.39 is 23.7 Å². The van der Waals surface area contributed by atoms with E-state index in [0.717, 1.165) is 33.8 Å². The van der Waals surface area contributed by atoms with E-state index in [-0.39, 0.29) is 5.69 Å². The van der Waals surface area contributed by atoms with Crippen molar-refractivity contribution in [3.05, 3.63) is 77.1 Å². The van der Waals surface area contributed by atoms with Crippen LogP contribution in [-0.4, -0.2) is 23.6 Å². The third-order valence-electron chi connectivity index (χ3n) is 5.05. The number of hydrazine groups is 1. The molecule has 3 aromatic rings. The number of pyridine rings is 1. The number of carbonyl (C=O) groups excluding carboxylic acids is 1. The van der Waals surface area contributed by atoms with Crippen LogP contribution >= 0.6 is 0 Å². The first kappa shape index (κ1) is 22.8. The molecule has 0 saturated carbocycles. The Hall–Kier alpha value is -4.33. The average molecular weight is 472 g/mol. The van der Waals surface area contributed by atoms with Crippen LogP contribution in [0.5, 0.6) is 11.5 Å². The smallest absolute Gasteiger partial charge is 0.421 e. The van der Waals surface area contributed by atoms with Crippen molar-refractivity contribution in [2.45, 2.75) is 25.6 Å². The highest BCUT2D eigenvalue weighted by atomic mass is 19.3. The Morgan fingerprint density at radius 2 is 1.79 bits per heavy atom. The molecule has 2 aromatic carbocycles. The molecule has 7 nitrogen and oxygen atoms in total. The summed E-state index contributed by atoms with van der Waals surface area (Å²) in [5, 5.41) is 9.97. The summed E-state index contributed by atoms with van der Waals surface area (Å²) in [6.07, 6.45) is -7.18. The number of hydrogen-bond donors (Lipinski definition) is 1. The number of fused-ring (bicyclic) bond motifs is 1. The molecule has 1 aromatic heterocycles. The number of aromatic nitrogens is 1. The van der Waals surface area contributed by atoms with Crippen molar-refractivity contribution in [2.24, 2.45) is 0 Å². The summed E-state index contributed by atoms with van der Waals surface area (Å²) in [7, 11) is 0. The van der Waals surface area contributed by atoms with Gasteiger partial charge in [0.1, 0.15) is 11.8 Å². The minimum absolute atomic E-state index is 0.0564. The molecule has 0 atom stereocenters. The molecule has 1 aliphatic rings. The number of alkyl halides is 4. The number of rotatable bonds is 6. The Morgan fingerprint density at radius 1 is 1.06 bits per heavy atom. The van der Waals surface area contributed by atoms with Crippen LogP contribution in [0.3, 0.4) is 0 Å². The zero-order valence-electron chi connectivity index (χ0n) is 17.6. The van der Waals surface area contributed by atoms with Crippen molar-refractivity contribution < 1.29 is 31.8 Å². The van der Waals surface area contributed by atoms with Gasteiger partial charge in [-0.1, -0.05) is 6.07 Å². The third kappa shape index (κ3) is 4.43. The van der Waals surface area contributed by atoms with Crippen molar-refractivity contribution in [2.75, 3.05) is 10.4 Å². The number of ether oxygens (including phenoxy) is 2. The van der Waals surface area contributed by atoms with E-state index in [1.165, 1.54) is 6.07 Å². The van der Waals surface area contributed by atoms with E-state index in [9.17, 15) is 22.4 Å². The van der Waals surface area contributed by atoms with E-state index >= 15 is 0 Å². The molecular formula is C23H16F4N4O3. The predicted octanol–water partition coefficient (Wildman–Crippen LogP) is 4.80. The summed E-state index contributed by atoms with van der Waals surface area (Å²) in [5.41, 5.74) is 6.46. The minimum Gasteiger partial charge on any atom is -0.421 e. The summed E-state index contributed by atoms with van der Waals surface area (Å²) in [6.45, 7) is 1.87. The van der Waals surface area contributed by atoms with Gasteiger partial charge in [0.05, 0.1) is 11.4 Å². The Balaban J connectivity index is 1.52. The van der Waals surface area contributed by atoms with Crippen LogP contribution in [0.2, 0.25) is 0 Å². The average Bonchev–Trinajstić information content (AvgIpc) is 2.79. The first-order valence-electron chi connectivity index (χ1n) is 9.85. The molecule has 1 N–H and O–H groups in total. The summed E-state index contributed by atoms with van der Waals surface area (Å²) in [4.78, 5) is 15.6. The van der Waals surface area contributed by atoms with Crippen molar-refractivity contribution in [1.29, 1.82) is 5.26 Å². The maximum atomic E-state index is 13.5. The maximum absolute atomic E-state index is 13.5. The molecule has 0 radical (unpaired) electrons. The zero-order valence-corrected chi connectivity index (χ0v) is 17.6. The summed E-state index contributed by atoms with van der Waals surface area (Å²) >= 11 is 0. The van der Waals surface area contributed by atoms with Crippen molar-refractivity contribution in [1.82, 2.24) is 4.98 Å². The van der Waals surface area contributed by atoms with Crippen LogP contribution in [-0.2, 0) is 11.2 Å². The van der Waals surface area contributed by atoms with Crippen LogP contribution in [0.1, 0.15) is 22.4 Å². The molecule has 2 heterocycles. The number of carbonyl (C=O) groups is 1. The zero-order chi connectivity index (χ0) is 24.5. The van der Waals surface area contributed by atoms with E-state index in [4.69, 9.17) is 5.26 Å². The fourth-order valence-corrected chi connectivity index (χ4v) is 3.33. The van der Waals surface area contributed by atoms with Gasteiger partial charge in [-0.05, 0) is 66.4 Å². The van der Waals surface area contributed by atoms with Gasteiger partial charge in [-0.2, -0.15) is 22.8 Å². The normalized spacial score (nSPS) is 15.2. The molecule has 4 rings (SSSR count). The minimum atomic E-state index is -4.87. The lowest BCUT2D eigenvalue weighted by molar-refractivity contribution is -0.391. The largest absolute Gasteiger partial charge is 0.507 e. The van der Waals surface area contributed by atoms with Crippen LogP contribution in [0.15, 0.2) is 54.7 Å². The molecule has 0 unspecified atom stereocenters. The lowest BCUT2D eigenvalue weighted by Gasteiger charge is -2.32. The molecule has 1 aliphatic heterocycles. The number of aryl methyl sites for hydroxylation is 1.